The number of hydrogen-bond acceptors (Lipinski definition) is 4. The molecule has 3 aromatic rings. The minimum absolute atomic E-state index is 0.306. The van der Waals surface area contributed by atoms with E-state index in [9.17, 15) is 9.59 Å². The lowest BCUT2D eigenvalue weighted by Gasteiger charge is -2.43. The molecular weight excluding hydrogens is 400 g/mol. The number of carbonyl (C=O) groups is 2. The van der Waals surface area contributed by atoms with Crippen molar-refractivity contribution in [2.24, 2.45) is 5.92 Å². The van der Waals surface area contributed by atoms with E-state index < -0.39 is 12.2 Å². The highest BCUT2D eigenvalue weighted by Gasteiger charge is 2.43. The van der Waals surface area contributed by atoms with Crippen LogP contribution in [0.2, 0.25) is 0 Å². The second-order valence-corrected chi connectivity index (χ2v) is 8.70. The first-order valence-corrected chi connectivity index (χ1v) is 11.3. The largest absolute Gasteiger partial charge is 0.455 e. The van der Waals surface area contributed by atoms with Gasteiger partial charge in [0.05, 0.1) is 11.1 Å². The zero-order chi connectivity index (χ0) is 21.9. The van der Waals surface area contributed by atoms with Crippen LogP contribution in [0.5, 0.6) is 0 Å². The van der Waals surface area contributed by atoms with E-state index in [0.29, 0.717) is 35.8 Å². The Labute approximate surface area is 188 Å². The number of rotatable bonds is 4. The van der Waals surface area contributed by atoms with Crippen LogP contribution < -0.4 is 0 Å². The highest BCUT2D eigenvalue weighted by atomic mass is 16.6. The van der Waals surface area contributed by atoms with Crippen LogP contribution in [0.3, 0.4) is 0 Å². The molecule has 2 aliphatic rings. The van der Waals surface area contributed by atoms with Gasteiger partial charge in [-0.2, -0.15) is 0 Å². The predicted octanol–water partition coefficient (Wildman–Crippen LogP) is 5.58. The highest BCUT2D eigenvalue weighted by molar-refractivity contribution is 5.90. The molecule has 4 unspecified atom stereocenters. The van der Waals surface area contributed by atoms with Crippen LogP contribution in [0.15, 0.2) is 84.9 Å². The third-order valence-corrected chi connectivity index (χ3v) is 6.78. The summed E-state index contributed by atoms with van der Waals surface area (Å²) in [6.45, 7) is 0. The van der Waals surface area contributed by atoms with E-state index in [-0.39, 0.29) is 11.9 Å². The van der Waals surface area contributed by atoms with Crippen LogP contribution in [0.4, 0.5) is 0 Å². The lowest BCUT2D eigenvalue weighted by atomic mass is 9.66. The van der Waals surface area contributed by atoms with Gasteiger partial charge in [0.25, 0.3) is 0 Å². The Morgan fingerprint density at radius 2 is 1.19 bits per heavy atom. The second kappa shape index (κ2) is 8.99. The van der Waals surface area contributed by atoms with E-state index in [1.165, 1.54) is 11.1 Å². The third-order valence-electron chi connectivity index (χ3n) is 6.78. The fourth-order valence-electron chi connectivity index (χ4n) is 5.18. The number of carbonyl (C=O) groups excluding carboxylic acids is 2. The maximum Gasteiger partial charge on any atom is 0.338 e. The smallest absolute Gasteiger partial charge is 0.338 e. The van der Waals surface area contributed by atoms with Crippen LogP contribution in [-0.2, 0) is 15.9 Å². The Morgan fingerprint density at radius 3 is 1.81 bits per heavy atom. The van der Waals surface area contributed by atoms with Crippen LogP contribution in [0, 0.1) is 5.92 Å². The van der Waals surface area contributed by atoms with Gasteiger partial charge in [0.15, 0.2) is 0 Å². The first kappa shape index (κ1) is 20.5. The van der Waals surface area contributed by atoms with Gasteiger partial charge in [-0.15, -0.1) is 0 Å². The Bertz CT molecular complexity index is 1090. The number of hydrogen-bond donors (Lipinski definition) is 0. The number of ether oxygens (including phenoxy) is 2. The molecular formula is C28H26O4. The van der Waals surface area contributed by atoms with Gasteiger partial charge in [0.2, 0.25) is 0 Å². The van der Waals surface area contributed by atoms with Crippen molar-refractivity contribution in [1.29, 1.82) is 0 Å². The summed E-state index contributed by atoms with van der Waals surface area (Å²) in [6.07, 6.45) is 2.51. The summed E-state index contributed by atoms with van der Waals surface area (Å²) >= 11 is 0. The number of fused-ring (bicyclic) bond motifs is 3. The maximum absolute atomic E-state index is 12.9. The van der Waals surface area contributed by atoms with Crippen LogP contribution in [0.1, 0.15) is 57.0 Å². The summed E-state index contributed by atoms with van der Waals surface area (Å²) in [5, 5.41) is 0. The fraction of sp³-hybridized carbons (Fsp3) is 0.286. The molecule has 0 amide bonds. The van der Waals surface area contributed by atoms with E-state index >= 15 is 0 Å². The van der Waals surface area contributed by atoms with Crippen molar-refractivity contribution in [1.82, 2.24) is 0 Å². The molecule has 0 aliphatic heterocycles. The third kappa shape index (κ3) is 4.18. The molecule has 1 saturated carbocycles. The van der Waals surface area contributed by atoms with Crippen molar-refractivity contribution in [2.45, 2.75) is 43.8 Å². The Morgan fingerprint density at radius 1 is 0.656 bits per heavy atom. The van der Waals surface area contributed by atoms with Crippen molar-refractivity contribution < 1.29 is 19.1 Å². The molecule has 1 fully saturated rings. The van der Waals surface area contributed by atoms with Gasteiger partial charge in [0.1, 0.15) is 12.2 Å². The fourth-order valence-corrected chi connectivity index (χ4v) is 5.18. The predicted molar refractivity (Wildman–Crippen MR) is 122 cm³/mol. The lowest BCUT2D eigenvalue weighted by Crippen LogP contribution is -2.44. The van der Waals surface area contributed by atoms with Gasteiger partial charge < -0.3 is 9.47 Å². The average Bonchev–Trinajstić information content (AvgIpc) is 2.85. The molecule has 5 rings (SSSR count). The van der Waals surface area contributed by atoms with Crippen molar-refractivity contribution >= 4 is 11.9 Å². The van der Waals surface area contributed by atoms with E-state index in [0.717, 1.165) is 12.8 Å². The molecule has 3 aromatic carbocycles. The molecule has 0 saturated heterocycles. The molecule has 32 heavy (non-hydrogen) atoms. The van der Waals surface area contributed by atoms with E-state index in [1.54, 1.807) is 24.3 Å². The van der Waals surface area contributed by atoms with Gasteiger partial charge >= 0.3 is 11.9 Å². The first-order chi connectivity index (χ1) is 15.7. The van der Waals surface area contributed by atoms with Gasteiger partial charge in [-0.1, -0.05) is 60.7 Å². The van der Waals surface area contributed by atoms with Gasteiger partial charge in [-0.05, 0) is 72.9 Å². The summed E-state index contributed by atoms with van der Waals surface area (Å²) in [4.78, 5) is 25.7. The summed E-state index contributed by atoms with van der Waals surface area (Å²) in [5.41, 5.74) is 3.74. The molecule has 0 bridgehead atoms. The summed E-state index contributed by atoms with van der Waals surface area (Å²) < 4.78 is 11.9. The lowest BCUT2D eigenvalue weighted by molar-refractivity contribution is -0.0677. The Balaban J connectivity index is 1.40. The zero-order valence-electron chi connectivity index (χ0n) is 17.9. The molecule has 4 atom stereocenters. The zero-order valence-corrected chi connectivity index (χ0v) is 17.9. The molecule has 4 heteroatoms. The molecule has 0 aromatic heterocycles. The minimum atomic E-state index is -0.484. The molecule has 0 radical (unpaired) electrons. The Kier molecular flexibility index (Phi) is 5.76. The number of benzene rings is 3. The summed E-state index contributed by atoms with van der Waals surface area (Å²) in [5.74, 6) is -0.0322. The monoisotopic (exact) mass is 426 g/mol. The first-order valence-electron chi connectivity index (χ1n) is 11.3. The standard InChI is InChI=1S/C28H26O4/c29-27(20-10-3-1-4-11-20)31-25-17-22-16-15-19-9-7-8-14-23(19)24(22)18-26(25)32-28(30)21-12-5-2-6-13-21/h1-14,22,24-26H,15-18H2. The van der Waals surface area contributed by atoms with Crippen LogP contribution in [-0.4, -0.2) is 24.1 Å². The quantitative estimate of drug-likeness (QED) is 0.511. The van der Waals surface area contributed by atoms with Gasteiger partial charge in [0, 0.05) is 0 Å². The van der Waals surface area contributed by atoms with Crippen LogP contribution >= 0.6 is 0 Å². The second-order valence-electron chi connectivity index (χ2n) is 8.70. The van der Waals surface area contributed by atoms with E-state index in [4.69, 9.17) is 9.47 Å². The molecule has 4 nitrogen and oxygen atoms in total. The van der Waals surface area contributed by atoms with E-state index in [1.807, 2.05) is 36.4 Å². The normalized spacial score (nSPS) is 24.0. The topological polar surface area (TPSA) is 52.6 Å². The molecule has 0 heterocycles. The maximum atomic E-state index is 12.9. The summed E-state index contributed by atoms with van der Waals surface area (Å²) in [7, 11) is 0. The van der Waals surface area contributed by atoms with Crippen molar-refractivity contribution in [3.05, 3.63) is 107 Å². The van der Waals surface area contributed by atoms with Crippen molar-refractivity contribution in [3.63, 3.8) is 0 Å². The number of aryl methyl sites for hydroxylation is 1. The molecule has 0 N–H and O–H groups in total. The molecule has 2 aliphatic carbocycles. The highest BCUT2D eigenvalue weighted by Crippen LogP contribution is 2.46. The number of esters is 2. The van der Waals surface area contributed by atoms with Crippen LogP contribution in [0.25, 0.3) is 0 Å². The molecule has 162 valence electrons. The minimum Gasteiger partial charge on any atom is -0.455 e. The van der Waals surface area contributed by atoms with Crippen molar-refractivity contribution in [3.8, 4) is 0 Å². The van der Waals surface area contributed by atoms with Crippen molar-refractivity contribution in [2.75, 3.05) is 0 Å². The van der Waals surface area contributed by atoms with Gasteiger partial charge in [-0.25, -0.2) is 9.59 Å². The SMILES string of the molecule is O=C(OC1CC2CCc3ccccc3C2CC1OC(=O)c1ccccc1)c1ccccc1. The Hall–Kier alpha value is -3.40. The van der Waals surface area contributed by atoms with Gasteiger partial charge in [-0.3, -0.25) is 0 Å². The summed E-state index contributed by atoms with van der Waals surface area (Å²) in [6, 6.07) is 26.5. The van der Waals surface area contributed by atoms with E-state index in [2.05, 4.69) is 24.3 Å². The molecule has 0 spiro atoms. The average molecular weight is 427 g/mol.